The summed E-state index contributed by atoms with van der Waals surface area (Å²) in [6.45, 7) is 0. The fourth-order valence-electron chi connectivity index (χ4n) is 2.58. The average molecular weight is 317 g/mol. The van der Waals surface area contributed by atoms with Gasteiger partial charge in [0.25, 0.3) is 0 Å². The monoisotopic (exact) mass is 316 g/mol. The predicted molar refractivity (Wildman–Crippen MR) is 97.4 cm³/mol. The van der Waals surface area contributed by atoms with Crippen molar-refractivity contribution in [1.82, 2.24) is 9.97 Å². The van der Waals surface area contributed by atoms with Gasteiger partial charge in [-0.15, -0.1) is 0 Å². The minimum Gasteiger partial charge on any atom is -0.256 e. The minimum absolute atomic E-state index is 0.702. The molecule has 110 valence electrons. The van der Waals surface area contributed by atoms with E-state index in [-0.39, 0.29) is 0 Å². The van der Waals surface area contributed by atoms with Crippen molar-refractivity contribution in [2.75, 3.05) is 0 Å². The lowest BCUT2D eigenvalue weighted by Gasteiger charge is -2.01. The Morgan fingerprint density at radius 2 is 1.70 bits per heavy atom. The van der Waals surface area contributed by atoms with Crippen molar-refractivity contribution in [3.63, 3.8) is 0 Å². The summed E-state index contributed by atoms with van der Waals surface area (Å²) in [5, 5.41) is 2.92. The molecular formula is C20H13ClN2. The number of pyridine rings is 2. The van der Waals surface area contributed by atoms with Gasteiger partial charge in [-0.05, 0) is 48.0 Å². The standard InChI is InChI=1S/C20H13ClN2/c21-17-7-5-15-6-9-18(23-20(15)13-17)8-3-14-4-10-19-16(12-14)2-1-11-22-19/h1-13H/b8-3+. The zero-order valence-electron chi connectivity index (χ0n) is 12.3. The number of rotatable bonds is 2. The summed E-state index contributed by atoms with van der Waals surface area (Å²) in [6.07, 6.45) is 5.88. The molecule has 4 aromatic rings. The molecule has 4 rings (SSSR count). The molecule has 0 aliphatic carbocycles. The summed E-state index contributed by atoms with van der Waals surface area (Å²) in [7, 11) is 0. The number of benzene rings is 2. The van der Waals surface area contributed by atoms with Crippen LogP contribution in [0, 0.1) is 0 Å². The molecule has 2 aromatic carbocycles. The third kappa shape index (κ3) is 2.94. The van der Waals surface area contributed by atoms with Gasteiger partial charge in [-0.2, -0.15) is 0 Å². The highest BCUT2D eigenvalue weighted by Crippen LogP contribution is 2.19. The highest BCUT2D eigenvalue weighted by atomic mass is 35.5. The lowest BCUT2D eigenvalue weighted by molar-refractivity contribution is 1.37. The van der Waals surface area contributed by atoms with Gasteiger partial charge in [0, 0.05) is 22.0 Å². The maximum atomic E-state index is 6.04. The van der Waals surface area contributed by atoms with Gasteiger partial charge in [-0.25, -0.2) is 4.98 Å². The van der Waals surface area contributed by atoms with Gasteiger partial charge < -0.3 is 0 Å². The maximum absolute atomic E-state index is 6.04. The Kier molecular flexibility index (Phi) is 3.52. The van der Waals surface area contributed by atoms with Crippen molar-refractivity contribution in [2.24, 2.45) is 0 Å². The SMILES string of the molecule is Clc1ccc2ccc(/C=C/c3ccc4ncccc4c3)nc2c1. The van der Waals surface area contributed by atoms with Gasteiger partial charge in [0.15, 0.2) is 0 Å². The largest absolute Gasteiger partial charge is 0.256 e. The van der Waals surface area contributed by atoms with Gasteiger partial charge >= 0.3 is 0 Å². The minimum atomic E-state index is 0.702. The van der Waals surface area contributed by atoms with Crippen LogP contribution in [0.2, 0.25) is 5.02 Å². The van der Waals surface area contributed by atoms with E-state index in [0.29, 0.717) is 5.02 Å². The van der Waals surface area contributed by atoms with Crippen LogP contribution in [0.15, 0.2) is 66.9 Å². The molecule has 0 saturated carbocycles. The lowest BCUT2D eigenvalue weighted by Crippen LogP contribution is -1.83. The van der Waals surface area contributed by atoms with Crippen molar-refractivity contribution in [1.29, 1.82) is 0 Å². The first kappa shape index (κ1) is 13.9. The first-order chi connectivity index (χ1) is 11.3. The average Bonchev–Trinajstić information content (AvgIpc) is 2.59. The molecular weight excluding hydrogens is 304 g/mol. The topological polar surface area (TPSA) is 25.8 Å². The van der Waals surface area contributed by atoms with Crippen LogP contribution in [0.25, 0.3) is 34.0 Å². The molecule has 0 spiro atoms. The van der Waals surface area contributed by atoms with E-state index in [1.54, 1.807) is 0 Å². The first-order valence-electron chi connectivity index (χ1n) is 7.37. The van der Waals surface area contributed by atoms with E-state index in [1.807, 2.05) is 48.7 Å². The molecule has 2 aromatic heterocycles. The van der Waals surface area contributed by atoms with E-state index in [1.165, 1.54) is 0 Å². The van der Waals surface area contributed by atoms with Crippen molar-refractivity contribution >= 4 is 45.6 Å². The molecule has 0 unspecified atom stereocenters. The number of fused-ring (bicyclic) bond motifs is 2. The van der Waals surface area contributed by atoms with Gasteiger partial charge in [-0.1, -0.05) is 41.9 Å². The Morgan fingerprint density at radius 1 is 0.783 bits per heavy atom. The number of hydrogen-bond donors (Lipinski definition) is 0. The second-order valence-electron chi connectivity index (χ2n) is 5.36. The van der Waals surface area contributed by atoms with Gasteiger partial charge in [-0.3, -0.25) is 4.98 Å². The van der Waals surface area contributed by atoms with Crippen molar-refractivity contribution in [3.8, 4) is 0 Å². The summed E-state index contributed by atoms with van der Waals surface area (Å²) in [5.41, 5.74) is 3.94. The number of hydrogen-bond acceptors (Lipinski definition) is 2. The Bertz CT molecular complexity index is 1040. The smallest absolute Gasteiger partial charge is 0.0724 e. The van der Waals surface area contributed by atoms with Gasteiger partial charge in [0.1, 0.15) is 0 Å². The first-order valence-corrected chi connectivity index (χ1v) is 7.75. The summed E-state index contributed by atoms with van der Waals surface area (Å²) < 4.78 is 0. The second-order valence-corrected chi connectivity index (χ2v) is 5.80. The van der Waals surface area contributed by atoms with Crippen molar-refractivity contribution in [3.05, 3.63) is 83.1 Å². The predicted octanol–water partition coefficient (Wildman–Crippen LogP) is 5.61. The van der Waals surface area contributed by atoms with Crippen LogP contribution >= 0.6 is 11.6 Å². The molecule has 0 bridgehead atoms. The van der Waals surface area contributed by atoms with Crippen LogP contribution in [0.3, 0.4) is 0 Å². The van der Waals surface area contributed by atoms with E-state index in [0.717, 1.165) is 33.1 Å². The van der Waals surface area contributed by atoms with Crippen LogP contribution in [0.5, 0.6) is 0 Å². The quantitative estimate of drug-likeness (QED) is 0.480. The number of nitrogens with zero attached hydrogens (tertiary/aromatic N) is 2. The Hall–Kier alpha value is -2.71. The van der Waals surface area contributed by atoms with Crippen LogP contribution in [-0.4, -0.2) is 9.97 Å². The van der Waals surface area contributed by atoms with Crippen LogP contribution < -0.4 is 0 Å². The zero-order chi connectivity index (χ0) is 15.6. The lowest BCUT2D eigenvalue weighted by atomic mass is 10.1. The molecule has 0 aliphatic heterocycles. The molecule has 0 N–H and O–H groups in total. The van der Waals surface area contributed by atoms with E-state index in [9.17, 15) is 0 Å². The fraction of sp³-hybridized carbons (Fsp3) is 0. The van der Waals surface area contributed by atoms with Crippen LogP contribution in [0.4, 0.5) is 0 Å². The normalized spacial score (nSPS) is 11.5. The molecule has 0 amide bonds. The molecule has 0 saturated heterocycles. The highest BCUT2D eigenvalue weighted by Gasteiger charge is 1.98. The second kappa shape index (κ2) is 5.82. The van der Waals surface area contributed by atoms with Crippen LogP contribution in [0.1, 0.15) is 11.3 Å². The molecule has 3 heteroatoms. The third-order valence-electron chi connectivity index (χ3n) is 3.75. The Morgan fingerprint density at radius 3 is 2.65 bits per heavy atom. The molecule has 23 heavy (non-hydrogen) atoms. The molecule has 0 aliphatic rings. The van der Waals surface area contributed by atoms with E-state index in [4.69, 9.17) is 11.6 Å². The van der Waals surface area contributed by atoms with E-state index < -0.39 is 0 Å². The van der Waals surface area contributed by atoms with Crippen LogP contribution in [-0.2, 0) is 0 Å². The molecule has 0 radical (unpaired) electrons. The number of halogens is 1. The summed E-state index contributed by atoms with van der Waals surface area (Å²) in [5.74, 6) is 0. The van der Waals surface area contributed by atoms with Crippen molar-refractivity contribution in [2.45, 2.75) is 0 Å². The van der Waals surface area contributed by atoms with Gasteiger partial charge in [0.2, 0.25) is 0 Å². The maximum Gasteiger partial charge on any atom is 0.0724 e. The van der Waals surface area contributed by atoms with Gasteiger partial charge in [0.05, 0.1) is 16.7 Å². The number of aromatic nitrogens is 2. The highest BCUT2D eigenvalue weighted by molar-refractivity contribution is 6.31. The van der Waals surface area contributed by atoms with E-state index >= 15 is 0 Å². The Balaban J connectivity index is 1.69. The molecule has 2 nitrogen and oxygen atoms in total. The van der Waals surface area contributed by atoms with E-state index in [2.05, 4.69) is 40.3 Å². The fourth-order valence-corrected chi connectivity index (χ4v) is 2.74. The molecule has 2 heterocycles. The molecule has 0 atom stereocenters. The zero-order valence-corrected chi connectivity index (χ0v) is 13.0. The van der Waals surface area contributed by atoms with Crippen molar-refractivity contribution < 1.29 is 0 Å². The summed E-state index contributed by atoms with van der Waals surface area (Å²) >= 11 is 6.04. The molecule has 0 fully saturated rings. The summed E-state index contributed by atoms with van der Waals surface area (Å²) in [4.78, 5) is 8.96. The Labute approximate surface area is 139 Å². The summed E-state index contributed by atoms with van der Waals surface area (Å²) in [6, 6.07) is 20.0. The third-order valence-corrected chi connectivity index (χ3v) is 3.98.